The average Bonchev–Trinajstić information content (AvgIpc) is 3.33. The molecule has 4 aromatic rings. The summed E-state index contributed by atoms with van der Waals surface area (Å²) < 4.78 is 2.51. The fraction of sp³-hybridized carbons (Fsp3) is 0.158. The lowest BCUT2D eigenvalue weighted by atomic mass is 10.2. The smallest absolute Gasteiger partial charge is 0.250 e. The predicted molar refractivity (Wildman–Crippen MR) is 107 cm³/mol. The van der Waals surface area contributed by atoms with Gasteiger partial charge in [-0.3, -0.25) is 9.69 Å². The monoisotopic (exact) mass is 397 g/mol. The van der Waals surface area contributed by atoms with Gasteiger partial charge in [-0.15, -0.1) is 0 Å². The molecule has 0 saturated heterocycles. The molecule has 6 nitrogen and oxygen atoms in total. The van der Waals surface area contributed by atoms with Gasteiger partial charge >= 0.3 is 0 Å². The molecule has 0 atom stereocenters. The van der Waals surface area contributed by atoms with Gasteiger partial charge in [0, 0.05) is 5.02 Å². The van der Waals surface area contributed by atoms with Gasteiger partial charge in [-0.1, -0.05) is 53.3 Å². The van der Waals surface area contributed by atoms with Gasteiger partial charge in [0.15, 0.2) is 5.13 Å². The Morgan fingerprint density at radius 1 is 1.22 bits per heavy atom. The first-order valence-corrected chi connectivity index (χ1v) is 9.53. The number of amides is 1. The zero-order valence-corrected chi connectivity index (χ0v) is 16.1. The molecule has 2 heterocycles. The van der Waals surface area contributed by atoms with Gasteiger partial charge in [0.2, 0.25) is 0 Å². The van der Waals surface area contributed by atoms with E-state index in [1.165, 1.54) is 28.7 Å². The van der Waals surface area contributed by atoms with E-state index in [0.29, 0.717) is 16.7 Å². The van der Waals surface area contributed by atoms with Crippen molar-refractivity contribution in [2.75, 3.05) is 4.90 Å². The highest BCUT2D eigenvalue weighted by molar-refractivity contribution is 7.22. The van der Waals surface area contributed by atoms with E-state index < -0.39 is 0 Å². The van der Waals surface area contributed by atoms with Crippen LogP contribution in [0.15, 0.2) is 55.1 Å². The highest BCUT2D eigenvalue weighted by Gasteiger charge is 2.21. The Kier molecular flexibility index (Phi) is 4.87. The number of hydrogen-bond donors (Lipinski definition) is 0. The Morgan fingerprint density at radius 3 is 2.78 bits per heavy atom. The Hall–Kier alpha value is -2.77. The molecule has 0 aliphatic rings. The van der Waals surface area contributed by atoms with E-state index >= 15 is 0 Å². The molecule has 136 valence electrons. The van der Waals surface area contributed by atoms with Crippen LogP contribution >= 0.6 is 22.9 Å². The van der Waals surface area contributed by atoms with E-state index in [1.807, 2.05) is 49.4 Å². The molecule has 4 rings (SSSR count). The first kappa shape index (κ1) is 17.6. The molecule has 1 amide bonds. The quantitative estimate of drug-likeness (QED) is 0.509. The lowest BCUT2D eigenvalue weighted by Crippen LogP contribution is -2.33. The Bertz CT molecular complexity index is 1080. The van der Waals surface area contributed by atoms with Gasteiger partial charge in [-0.2, -0.15) is 5.10 Å². The van der Waals surface area contributed by atoms with Crippen LogP contribution in [0.2, 0.25) is 5.02 Å². The normalized spacial score (nSPS) is 11.0. The minimum Gasteiger partial charge on any atom is -0.282 e. The lowest BCUT2D eigenvalue weighted by Gasteiger charge is -2.20. The third-order valence-corrected chi connectivity index (χ3v) is 5.67. The van der Waals surface area contributed by atoms with Crippen molar-refractivity contribution in [2.45, 2.75) is 20.0 Å². The number of anilines is 1. The van der Waals surface area contributed by atoms with Crippen molar-refractivity contribution in [3.63, 3.8) is 0 Å². The summed E-state index contributed by atoms with van der Waals surface area (Å²) in [5, 5.41) is 5.34. The number of rotatable bonds is 5. The highest BCUT2D eigenvalue weighted by Crippen LogP contribution is 2.34. The van der Waals surface area contributed by atoms with Crippen molar-refractivity contribution in [3.05, 3.63) is 71.3 Å². The summed E-state index contributed by atoms with van der Waals surface area (Å²) in [6.07, 6.45) is 2.94. The van der Waals surface area contributed by atoms with Crippen molar-refractivity contribution in [3.8, 4) is 0 Å². The standard InChI is InChI=1S/C19H16ClN5OS/c1-13-15(20)7-8-16-18(13)23-19(27-16)25(9-14-5-3-2-4-6-14)17(26)10-24-12-21-11-22-24/h2-8,11-12H,9-10H2,1H3. The van der Waals surface area contributed by atoms with Gasteiger partial charge in [-0.05, 0) is 30.2 Å². The summed E-state index contributed by atoms with van der Waals surface area (Å²) in [7, 11) is 0. The molecule has 8 heteroatoms. The molecule has 0 saturated carbocycles. The molecular weight excluding hydrogens is 382 g/mol. The molecule has 2 aromatic carbocycles. The topological polar surface area (TPSA) is 63.9 Å². The SMILES string of the molecule is Cc1c(Cl)ccc2sc(N(Cc3ccccc3)C(=O)Cn3cncn3)nc12. The van der Waals surface area contributed by atoms with Crippen LogP contribution in [0.3, 0.4) is 0 Å². The number of fused-ring (bicyclic) bond motifs is 1. The first-order chi connectivity index (χ1) is 13.1. The van der Waals surface area contributed by atoms with E-state index in [9.17, 15) is 4.79 Å². The predicted octanol–water partition coefficient (Wildman–Crippen LogP) is 4.08. The third-order valence-electron chi connectivity index (χ3n) is 4.22. The summed E-state index contributed by atoms with van der Waals surface area (Å²) in [5.41, 5.74) is 2.77. The van der Waals surface area contributed by atoms with Crippen LogP contribution in [0.25, 0.3) is 10.2 Å². The Balaban J connectivity index is 1.72. The first-order valence-electron chi connectivity index (χ1n) is 8.34. The van der Waals surface area contributed by atoms with Crippen LogP contribution in [0.5, 0.6) is 0 Å². The molecular formula is C19H16ClN5OS. The van der Waals surface area contributed by atoms with Gasteiger partial charge in [0.1, 0.15) is 19.2 Å². The van der Waals surface area contributed by atoms with E-state index in [-0.39, 0.29) is 12.5 Å². The zero-order valence-electron chi connectivity index (χ0n) is 14.5. The molecule has 0 N–H and O–H groups in total. The van der Waals surface area contributed by atoms with Crippen molar-refractivity contribution >= 4 is 44.2 Å². The van der Waals surface area contributed by atoms with Crippen LogP contribution < -0.4 is 4.90 Å². The summed E-state index contributed by atoms with van der Waals surface area (Å²) in [5.74, 6) is -0.104. The number of aryl methyl sites for hydroxylation is 1. The summed E-state index contributed by atoms with van der Waals surface area (Å²) in [6.45, 7) is 2.47. The number of carbonyl (C=O) groups excluding carboxylic acids is 1. The van der Waals surface area contributed by atoms with Crippen molar-refractivity contribution in [2.24, 2.45) is 0 Å². The maximum absolute atomic E-state index is 13.0. The van der Waals surface area contributed by atoms with Gasteiger partial charge in [0.25, 0.3) is 5.91 Å². The van der Waals surface area contributed by atoms with Gasteiger partial charge in [0.05, 0.1) is 16.8 Å². The van der Waals surface area contributed by atoms with Crippen LogP contribution in [0, 0.1) is 6.92 Å². The number of thiazole rings is 1. The molecule has 0 unspecified atom stereocenters. The molecule has 2 aromatic heterocycles. The number of carbonyl (C=O) groups is 1. The number of benzene rings is 2. The highest BCUT2D eigenvalue weighted by atomic mass is 35.5. The minimum absolute atomic E-state index is 0.0997. The molecule has 0 spiro atoms. The third kappa shape index (κ3) is 3.70. The number of aromatic nitrogens is 4. The summed E-state index contributed by atoms with van der Waals surface area (Å²) >= 11 is 7.71. The maximum atomic E-state index is 13.0. The molecule has 0 aliphatic carbocycles. The lowest BCUT2D eigenvalue weighted by molar-refractivity contribution is -0.119. The fourth-order valence-corrected chi connectivity index (χ4v) is 3.97. The molecule has 0 radical (unpaired) electrons. The summed E-state index contributed by atoms with van der Waals surface area (Å²) in [4.78, 5) is 23.3. The van der Waals surface area contributed by atoms with E-state index in [2.05, 4.69) is 10.1 Å². The number of nitrogens with zero attached hydrogens (tertiary/aromatic N) is 5. The van der Waals surface area contributed by atoms with Crippen LogP contribution in [-0.4, -0.2) is 25.7 Å². The fourth-order valence-electron chi connectivity index (χ4n) is 2.77. The number of halogens is 1. The average molecular weight is 398 g/mol. The molecule has 0 bridgehead atoms. The molecule has 0 aliphatic heterocycles. The maximum Gasteiger partial charge on any atom is 0.250 e. The molecule has 27 heavy (non-hydrogen) atoms. The second kappa shape index (κ2) is 7.46. The van der Waals surface area contributed by atoms with Crippen LogP contribution in [-0.2, 0) is 17.9 Å². The largest absolute Gasteiger partial charge is 0.282 e. The number of hydrogen-bond acceptors (Lipinski definition) is 5. The Labute approximate surface area is 165 Å². The van der Waals surface area contributed by atoms with Crippen LogP contribution in [0.1, 0.15) is 11.1 Å². The van der Waals surface area contributed by atoms with E-state index in [1.54, 1.807) is 4.90 Å². The van der Waals surface area contributed by atoms with Crippen molar-refractivity contribution in [1.29, 1.82) is 0 Å². The summed E-state index contributed by atoms with van der Waals surface area (Å²) in [6, 6.07) is 13.6. The van der Waals surface area contributed by atoms with Crippen LogP contribution in [0.4, 0.5) is 5.13 Å². The minimum atomic E-state index is -0.104. The van der Waals surface area contributed by atoms with Crippen molar-refractivity contribution < 1.29 is 4.79 Å². The Morgan fingerprint density at radius 2 is 2.04 bits per heavy atom. The second-order valence-corrected chi connectivity index (χ2v) is 7.49. The van der Waals surface area contributed by atoms with Gasteiger partial charge < -0.3 is 0 Å². The molecule has 0 fully saturated rings. The van der Waals surface area contributed by atoms with E-state index in [0.717, 1.165) is 21.3 Å². The van der Waals surface area contributed by atoms with Crippen molar-refractivity contribution in [1.82, 2.24) is 19.7 Å². The van der Waals surface area contributed by atoms with Gasteiger partial charge in [-0.25, -0.2) is 14.6 Å². The zero-order chi connectivity index (χ0) is 18.8. The second-order valence-electron chi connectivity index (χ2n) is 6.07. The van der Waals surface area contributed by atoms with E-state index in [4.69, 9.17) is 16.6 Å².